The monoisotopic (exact) mass is 276 g/mol. The van der Waals surface area contributed by atoms with Crippen molar-refractivity contribution in [3.8, 4) is 0 Å². The maximum absolute atomic E-state index is 12.4. The van der Waals surface area contributed by atoms with Gasteiger partial charge in [0.05, 0.1) is 0 Å². The van der Waals surface area contributed by atoms with Crippen LogP contribution in [0.25, 0.3) is 0 Å². The largest absolute Gasteiger partial charge is 0.360 e. The first kappa shape index (κ1) is 13.7. The Labute approximate surface area is 120 Å². The highest BCUT2D eigenvalue weighted by Crippen LogP contribution is 2.40. The molecule has 0 saturated heterocycles. The van der Waals surface area contributed by atoms with Crippen molar-refractivity contribution in [3.63, 3.8) is 0 Å². The summed E-state index contributed by atoms with van der Waals surface area (Å²) >= 11 is 0. The zero-order chi connectivity index (χ0) is 14.3. The van der Waals surface area contributed by atoms with Crippen LogP contribution in [0.1, 0.15) is 75.0 Å². The molecule has 1 heterocycles. The summed E-state index contributed by atoms with van der Waals surface area (Å²) in [6.45, 7) is 6.57. The van der Waals surface area contributed by atoms with E-state index in [1.807, 2.05) is 6.07 Å². The molecule has 0 bridgehead atoms. The summed E-state index contributed by atoms with van der Waals surface area (Å²) in [5.41, 5.74) is 0.504. The van der Waals surface area contributed by atoms with Crippen molar-refractivity contribution < 1.29 is 9.32 Å². The molecule has 0 aliphatic heterocycles. The predicted molar refractivity (Wildman–Crippen MR) is 76.5 cm³/mol. The number of aromatic nitrogens is 1. The third-order valence-corrected chi connectivity index (χ3v) is 4.58. The molecule has 1 amide bonds. The smallest absolute Gasteiger partial charge is 0.273 e. The quantitative estimate of drug-likeness (QED) is 0.915. The van der Waals surface area contributed by atoms with E-state index in [-0.39, 0.29) is 17.4 Å². The molecule has 2 aliphatic rings. The van der Waals surface area contributed by atoms with E-state index in [0.29, 0.717) is 17.5 Å². The standard InChI is InChI=1S/C16H24N2O2/c1-16(2,3)14(11-5-4-6-11)17-15(19)12-9-13(20-18-12)10-7-8-10/h9-11,14H,4-8H2,1-3H3,(H,17,19). The van der Waals surface area contributed by atoms with Crippen molar-refractivity contribution in [3.05, 3.63) is 17.5 Å². The maximum Gasteiger partial charge on any atom is 0.273 e. The van der Waals surface area contributed by atoms with Gasteiger partial charge in [-0.3, -0.25) is 4.79 Å². The molecule has 1 atom stereocenters. The minimum atomic E-state index is -0.0903. The van der Waals surface area contributed by atoms with E-state index in [1.165, 1.54) is 19.3 Å². The molecule has 0 radical (unpaired) electrons. The molecule has 110 valence electrons. The fourth-order valence-corrected chi connectivity index (χ4v) is 2.99. The van der Waals surface area contributed by atoms with Crippen molar-refractivity contribution >= 4 is 5.91 Å². The fraction of sp³-hybridized carbons (Fsp3) is 0.750. The molecule has 4 heteroatoms. The van der Waals surface area contributed by atoms with Crippen LogP contribution in [0.2, 0.25) is 0 Å². The van der Waals surface area contributed by atoms with Gasteiger partial charge in [0, 0.05) is 18.0 Å². The third kappa shape index (κ3) is 2.74. The van der Waals surface area contributed by atoms with Gasteiger partial charge in [0.25, 0.3) is 5.91 Å². The van der Waals surface area contributed by atoms with Crippen LogP contribution >= 0.6 is 0 Å². The van der Waals surface area contributed by atoms with Crippen molar-refractivity contribution in [1.82, 2.24) is 10.5 Å². The third-order valence-electron chi connectivity index (χ3n) is 4.58. The molecule has 1 unspecified atom stereocenters. The van der Waals surface area contributed by atoms with E-state index >= 15 is 0 Å². The molecular weight excluding hydrogens is 252 g/mol. The molecule has 1 aromatic rings. The summed E-state index contributed by atoms with van der Waals surface area (Å²) in [4.78, 5) is 12.4. The van der Waals surface area contributed by atoms with Gasteiger partial charge in [0.1, 0.15) is 5.76 Å². The normalized spacial score (nSPS) is 21.4. The van der Waals surface area contributed by atoms with Crippen LogP contribution in [0, 0.1) is 11.3 Å². The zero-order valence-electron chi connectivity index (χ0n) is 12.6. The van der Waals surface area contributed by atoms with Gasteiger partial charge in [0.15, 0.2) is 5.69 Å². The molecule has 3 rings (SSSR count). The van der Waals surface area contributed by atoms with Crippen molar-refractivity contribution in [2.45, 2.75) is 64.8 Å². The number of hydrogen-bond acceptors (Lipinski definition) is 3. The van der Waals surface area contributed by atoms with Crippen LogP contribution in [0.3, 0.4) is 0 Å². The molecule has 1 N–H and O–H groups in total. The number of hydrogen-bond donors (Lipinski definition) is 1. The highest BCUT2D eigenvalue weighted by molar-refractivity contribution is 5.92. The molecule has 4 nitrogen and oxygen atoms in total. The zero-order valence-corrected chi connectivity index (χ0v) is 12.6. The Morgan fingerprint density at radius 3 is 2.55 bits per heavy atom. The van der Waals surface area contributed by atoms with E-state index < -0.39 is 0 Å². The highest BCUT2D eigenvalue weighted by atomic mass is 16.5. The van der Waals surface area contributed by atoms with Crippen LogP contribution in [0.4, 0.5) is 0 Å². The first-order valence-electron chi connectivity index (χ1n) is 7.72. The summed E-state index contributed by atoms with van der Waals surface area (Å²) in [6.07, 6.45) is 6.03. The van der Waals surface area contributed by atoms with Crippen molar-refractivity contribution in [2.24, 2.45) is 11.3 Å². The number of rotatable bonds is 4. The number of carbonyl (C=O) groups is 1. The molecule has 2 saturated carbocycles. The minimum Gasteiger partial charge on any atom is -0.360 e. The van der Waals surface area contributed by atoms with Crippen LogP contribution in [-0.4, -0.2) is 17.1 Å². The van der Waals surface area contributed by atoms with Gasteiger partial charge in [-0.15, -0.1) is 0 Å². The lowest BCUT2D eigenvalue weighted by atomic mass is 9.70. The Kier molecular flexibility index (Phi) is 3.35. The Hall–Kier alpha value is -1.32. The van der Waals surface area contributed by atoms with Gasteiger partial charge in [0.2, 0.25) is 0 Å². The van der Waals surface area contributed by atoms with Crippen LogP contribution in [0.5, 0.6) is 0 Å². The summed E-state index contributed by atoms with van der Waals surface area (Å²) in [5, 5.41) is 7.12. The molecule has 1 aromatic heterocycles. The van der Waals surface area contributed by atoms with Crippen LogP contribution in [-0.2, 0) is 0 Å². The minimum absolute atomic E-state index is 0.0732. The lowest BCUT2D eigenvalue weighted by molar-refractivity contribution is 0.0784. The SMILES string of the molecule is CC(C)(C)C(NC(=O)c1cc(C2CC2)on1)C1CCC1. The van der Waals surface area contributed by atoms with Gasteiger partial charge >= 0.3 is 0 Å². The second-order valence-electron chi connectivity index (χ2n) is 7.40. The van der Waals surface area contributed by atoms with Crippen LogP contribution in [0.15, 0.2) is 10.6 Å². The molecule has 2 aliphatic carbocycles. The maximum atomic E-state index is 12.4. The second kappa shape index (κ2) is 4.90. The highest BCUT2D eigenvalue weighted by Gasteiger charge is 2.37. The molecule has 20 heavy (non-hydrogen) atoms. The van der Waals surface area contributed by atoms with Gasteiger partial charge in [-0.05, 0) is 37.0 Å². The average molecular weight is 276 g/mol. The first-order chi connectivity index (χ1) is 9.45. The lowest BCUT2D eigenvalue weighted by Gasteiger charge is -2.42. The number of amides is 1. The molecular formula is C16H24N2O2. The fourth-order valence-electron chi connectivity index (χ4n) is 2.99. The molecule has 0 aromatic carbocycles. The topological polar surface area (TPSA) is 55.1 Å². The summed E-state index contributed by atoms with van der Waals surface area (Å²) < 4.78 is 5.27. The van der Waals surface area contributed by atoms with E-state index in [1.54, 1.807) is 0 Å². The molecule has 2 fully saturated rings. The number of nitrogens with one attached hydrogen (secondary N) is 1. The summed E-state index contributed by atoms with van der Waals surface area (Å²) in [7, 11) is 0. The lowest BCUT2D eigenvalue weighted by Crippen LogP contribution is -2.50. The summed E-state index contributed by atoms with van der Waals surface area (Å²) in [6, 6.07) is 2.03. The second-order valence-corrected chi connectivity index (χ2v) is 7.40. The van der Waals surface area contributed by atoms with Gasteiger partial charge in [-0.2, -0.15) is 0 Å². The van der Waals surface area contributed by atoms with E-state index in [9.17, 15) is 4.79 Å². The van der Waals surface area contributed by atoms with Gasteiger partial charge in [-0.1, -0.05) is 32.3 Å². The first-order valence-corrected chi connectivity index (χ1v) is 7.72. The van der Waals surface area contributed by atoms with Crippen molar-refractivity contribution in [2.75, 3.05) is 0 Å². The van der Waals surface area contributed by atoms with E-state index in [0.717, 1.165) is 18.6 Å². The average Bonchev–Trinajstić information content (AvgIpc) is 3.02. The molecule has 0 spiro atoms. The van der Waals surface area contributed by atoms with Gasteiger partial charge in [-0.25, -0.2) is 0 Å². The van der Waals surface area contributed by atoms with Crippen molar-refractivity contribution in [1.29, 1.82) is 0 Å². The van der Waals surface area contributed by atoms with E-state index in [2.05, 4.69) is 31.2 Å². The Morgan fingerprint density at radius 2 is 2.05 bits per heavy atom. The van der Waals surface area contributed by atoms with Crippen LogP contribution < -0.4 is 5.32 Å². The Bertz CT molecular complexity index is 493. The summed E-state index contributed by atoms with van der Waals surface area (Å²) in [5.74, 6) is 1.88. The number of nitrogens with zero attached hydrogens (tertiary/aromatic N) is 1. The number of carbonyl (C=O) groups excluding carboxylic acids is 1. The van der Waals surface area contributed by atoms with Gasteiger partial charge < -0.3 is 9.84 Å². The Morgan fingerprint density at radius 1 is 1.35 bits per heavy atom. The predicted octanol–water partition coefficient (Wildman–Crippen LogP) is 3.50. The Balaban J connectivity index is 1.68. The van der Waals surface area contributed by atoms with E-state index in [4.69, 9.17) is 4.52 Å².